The lowest BCUT2D eigenvalue weighted by molar-refractivity contribution is 0.0896. The van der Waals surface area contributed by atoms with Gasteiger partial charge in [0.05, 0.1) is 6.67 Å². The second-order valence-electron chi connectivity index (χ2n) is 8.32. The van der Waals surface area contributed by atoms with Crippen LogP contribution in [0.15, 0.2) is 54.9 Å². The van der Waals surface area contributed by atoms with E-state index in [1.54, 1.807) is 6.20 Å². The summed E-state index contributed by atoms with van der Waals surface area (Å²) in [5.41, 5.74) is 1.71. The van der Waals surface area contributed by atoms with Gasteiger partial charge in [0.1, 0.15) is 0 Å². The molecule has 1 saturated heterocycles. The van der Waals surface area contributed by atoms with E-state index < -0.39 is 0 Å². The number of nitrogens with zero attached hydrogens (tertiary/aromatic N) is 5. The molecule has 7 nitrogen and oxygen atoms in total. The summed E-state index contributed by atoms with van der Waals surface area (Å²) in [5.74, 6) is 0.913. The number of amides is 1. The SMILES string of the molecule is O=C(NC1CCN(Cn2nc(-c3cccnc3)n(C3CC3)c2=S)CC1)c1ccccc1. The van der Waals surface area contributed by atoms with Gasteiger partial charge in [0, 0.05) is 48.7 Å². The van der Waals surface area contributed by atoms with Crippen molar-refractivity contribution in [2.75, 3.05) is 13.1 Å². The molecule has 0 atom stereocenters. The minimum absolute atomic E-state index is 0.00515. The van der Waals surface area contributed by atoms with Crippen LogP contribution in [0.1, 0.15) is 42.1 Å². The quantitative estimate of drug-likeness (QED) is 0.600. The van der Waals surface area contributed by atoms with Gasteiger partial charge in [-0.1, -0.05) is 18.2 Å². The molecule has 2 aliphatic rings. The fourth-order valence-electron chi connectivity index (χ4n) is 4.13. The van der Waals surface area contributed by atoms with E-state index in [0.717, 1.165) is 54.9 Å². The van der Waals surface area contributed by atoms with Crippen LogP contribution in [0.3, 0.4) is 0 Å². The number of hydrogen-bond acceptors (Lipinski definition) is 5. The number of rotatable bonds is 6. The topological polar surface area (TPSA) is 68.0 Å². The summed E-state index contributed by atoms with van der Waals surface area (Å²) in [6.07, 6.45) is 7.77. The standard InChI is InChI=1S/C23H26N6OS/c30-22(17-5-2-1-3-6-17)25-19-10-13-27(14-11-19)16-28-23(31)29(20-8-9-20)21(26-28)18-7-4-12-24-15-18/h1-7,12,15,19-20H,8-11,13-14,16H2,(H,25,30). The molecule has 1 aliphatic heterocycles. The highest BCUT2D eigenvalue weighted by Crippen LogP contribution is 2.38. The smallest absolute Gasteiger partial charge is 0.251 e. The molecule has 8 heteroatoms. The monoisotopic (exact) mass is 434 g/mol. The third-order valence-corrected chi connectivity index (χ3v) is 6.40. The Morgan fingerprint density at radius 1 is 1.06 bits per heavy atom. The minimum atomic E-state index is 0.00515. The number of pyridine rings is 1. The van der Waals surface area contributed by atoms with Crippen LogP contribution in [-0.4, -0.2) is 49.3 Å². The maximum atomic E-state index is 12.4. The van der Waals surface area contributed by atoms with Crippen molar-refractivity contribution in [2.24, 2.45) is 0 Å². The number of nitrogens with one attached hydrogen (secondary N) is 1. The highest BCUT2D eigenvalue weighted by atomic mass is 32.1. The Kier molecular flexibility index (Phi) is 5.65. The molecular formula is C23H26N6OS. The molecule has 160 valence electrons. The third-order valence-electron chi connectivity index (χ3n) is 5.99. The van der Waals surface area contributed by atoms with E-state index in [2.05, 4.69) is 19.8 Å². The fraction of sp³-hybridized carbons (Fsp3) is 0.391. The van der Waals surface area contributed by atoms with Gasteiger partial charge in [-0.05, 0) is 62.2 Å². The molecule has 0 bridgehead atoms. The van der Waals surface area contributed by atoms with E-state index in [1.165, 1.54) is 0 Å². The van der Waals surface area contributed by atoms with Crippen molar-refractivity contribution >= 4 is 18.1 Å². The number of piperidine rings is 1. The average Bonchev–Trinajstić information content (AvgIpc) is 3.60. The third kappa shape index (κ3) is 4.45. The van der Waals surface area contributed by atoms with Gasteiger partial charge in [0.25, 0.3) is 5.91 Å². The first kappa shape index (κ1) is 20.1. The zero-order valence-electron chi connectivity index (χ0n) is 17.4. The van der Waals surface area contributed by atoms with Crippen molar-refractivity contribution in [1.29, 1.82) is 0 Å². The normalized spacial score (nSPS) is 17.5. The molecule has 0 radical (unpaired) electrons. The van der Waals surface area contributed by atoms with Crippen LogP contribution < -0.4 is 5.32 Å². The van der Waals surface area contributed by atoms with Crippen LogP contribution >= 0.6 is 12.2 Å². The first-order chi connectivity index (χ1) is 15.2. The van der Waals surface area contributed by atoms with Gasteiger partial charge < -0.3 is 5.32 Å². The van der Waals surface area contributed by atoms with Crippen LogP contribution in [0, 0.1) is 4.77 Å². The van der Waals surface area contributed by atoms with E-state index in [1.807, 2.05) is 53.3 Å². The van der Waals surface area contributed by atoms with Crippen LogP contribution in [0.4, 0.5) is 0 Å². The Hall–Kier alpha value is -2.84. The Labute approximate surface area is 186 Å². The van der Waals surface area contributed by atoms with Crippen molar-refractivity contribution in [3.05, 3.63) is 65.2 Å². The lowest BCUT2D eigenvalue weighted by atomic mass is 10.0. The van der Waals surface area contributed by atoms with E-state index in [-0.39, 0.29) is 11.9 Å². The summed E-state index contributed by atoms with van der Waals surface area (Å²) in [7, 11) is 0. The highest BCUT2D eigenvalue weighted by molar-refractivity contribution is 7.71. The molecule has 1 saturated carbocycles. The summed E-state index contributed by atoms with van der Waals surface area (Å²) in [5, 5.41) is 8.04. The molecule has 3 heterocycles. The minimum Gasteiger partial charge on any atom is -0.349 e. The molecule has 1 N–H and O–H groups in total. The molecule has 31 heavy (non-hydrogen) atoms. The maximum Gasteiger partial charge on any atom is 0.251 e. The molecule has 5 rings (SSSR count). The molecule has 2 aromatic heterocycles. The van der Waals surface area contributed by atoms with Crippen LogP contribution in [-0.2, 0) is 6.67 Å². The summed E-state index contributed by atoms with van der Waals surface area (Å²) in [6, 6.07) is 14.0. The molecule has 2 fully saturated rings. The summed E-state index contributed by atoms with van der Waals surface area (Å²) >= 11 is 5.79. The molecule has 0 unspecified atom stereocenters. The molecular weight excluding hydrogens is 408 g/mol. The number of aromatic nitrogens is 4. The van der Waals surface area contributed by atoms with Crippen molar-refractivity contribution in [3.63, 3.8) is 0 Å². The van der Waals surface area contributed by atoms with Gasteiger partial charge >= 0.3 is 0 Å². The highest BCUT2D eigenvalue weighted by Gasteiger charge is 2.30. The predicted octanol–water partition coefficient (Wildman–Crippen LogP) is 3.66. The maximum absolute atomic E-state index is 12.4. The van der Waals surface area contributed by atoms with Crippen molar-refractivity contribution < 1.29 is 4.79 Å². The first-order valence-electron chi connectivity index (χ1n) is 10.9. The summed E-state index contributed by atoms with van der Waals surface area (Å²) in [4.78, 5) is 19.0. The van der Waals surface area contributed by atoms with Crippen molar-refractivity contribution in [1.82, 2.24) is 29.5 Å². The van der Waals surface area contributed by atoms with E-state index in [9.17, 15) is 4.79 Å². The van der Waals surface area contributed by atoms with Gasteiger partial charge in [0.15, 0.2) is 10.6 Å². The van der Waals surface area contributed by atoms with E-state index in [0.29, 0.717) is 18.3 Å². The second kappa shape index (κ2) is 8.72. The first-order valence-corrected chi connectivity index (χ1v) is 11.3. The second-order valence-corrected chi connectivity index (χ2v) is 8.69. The lowest BCUT2D eigenvalue weighted by Crippen LogP contribution is -2.45. The Morgan fingerprint density at radius 2 is 1.84 bits per heavy atom. The molecule has 1 aromatic carbocycles. The Morgan fingerprint density at radius 3 is 2.52 bits per heavy atom. The van der Waals surface area contributed by atoms with Crippen molar-refractivity contribution in [2.45, 2.75) is 44.4 Å². The largest absolute Gasteiger partial charge is 0.349 e. The molecule has 3 aromatic rings. The number of carbonyl (C=O) groups is 1. The van der Waals surface area contributed by atoms with Crippen molar-refractivity contribution in [3.8, 4) is 11.4 Å². The van der Waals surface area contributed by atoms with Crippen LogP contribution in [0.2, 0.25) is 0 Å². The van der Waals surface area contributed by atoms with E-state index >= 15 is 0 Å². The lowest BCUT2D eigenvalue weighted by Gasteiger charge is -2.32. The zero-order chi connectivity index (χ0) is 21.2. The summed E-state index contributed by atoms with van der Waals surface area (Å²) in [6.45, 7) is 2.48. The number of benzene rings is 1. The average molecular weight is 435 g/mol. The Bertz CT molecular complexity index is 1100. The van der Waals surface area contributed by atoms with Gasteiger partial charge in [-0.15, -0.1) is 0 Å². The van der Waals surface area contributed by atoms with E-state index in [4.69, 9.17) is 17.3 Å². The number of carbonyl (C=O) groups excluding carboxylic acids is 1. The molecule has 1 aliphatic carbocycles. The summed E-state index contributed by atoms with van der Waals surface area (Å²) < 4.78 is 4.92. The van der Waals surface area contributed by atoms with Crippen LogP contribution in [0.5, 0.6) is 0 Å². The zero-order valence-corrected chi connectivity index (χ0v) is 18.2. The Balaban J connectivity index is 1.24. The van der Waals surface area contributed by atoms with Gasteiger partial charge in [0.2, 0.25) is 0 Å². The number of hydrogen-bond donors (Lipinski definition) is 1. The van der Waals surface area contributed by atoms with Crippen LogP contribution in [0.25, 0.3) is 11.4 Å². The van der Waals surface area contributed by atoms with Gasteiger partial charge in [-0.3, -0.25) is 19.2 Å². The molecule has 0 spiro atoms. The number of likely N-dealkylation sites (tertiary alicyclic amines) is 1. The predicted molar refractivity (Wildman–Crippen MR) is 121 cm³/mol. The van der Waals surface area contributed by atoms with Gasteiger partial charge in [-0.2, -0.15) is 5.10 Å². The molecule has 1 amide bonds. The van der Waals surface area contributed by atoms with Gasteiger partial charge in [-0.25, -0.2) is 4.68 Å². The fourth-order valence-corrected chi connectivity index (χ4v) is 4.47.